The number of anilines is 1. The molecule has 2 N–H and O–H groups in total. The van der Waals surface area contributed by atoms with Gasteiger partial charge in [-0.3, -0.25) is 4.72 Å². The van der Waals surface area contributed by atoms with E-state index in [1.54, 1.807) is 25.3 Å². The van der Waals surface area contributed by atoms with Crippen molar-refractivity contribution in [1.82, 2.24) is 4.98 Å². The van der Waals surface area contributed by atoms with Crippen LogP contribution in [0.5, 0.6) is 17.2 Å². The molecular formula is C26H25Cl2FN2O6S. The second-order valence-electron chi connectivity index (χ2n) is 8.12. The summed E-state index contributed by atoms with van der Waals surface area (Å²) in [6.45, 7) is 0.940. The number of methoxy groups -OCH3 is 2. The zero-order valence-electron chi connectivity index (χ0n) is 20.5. The third-order valence-corrected chi connectivity index (χ3v) is 7.57. The van der Waals surface area contributed by atoms with Gasteiger partial charge in [0.25, 0.3) is 10.0 Å². The molecule has 0 fully saturated rings. The Morgan fingerprint density at radius 1 is 0.947 bits per heavy atom. The van der Waals surface area contributed by atoms with Crippen LogP contribution in [-0.4, -0.2) is 40.8 Å². The van der Waals surface area contributed by atoms with E-state index in [9.17, 15) is 8.42 Å². The van der Waals surface area contributed by atoms with Crippen LogP contribution in [0.4, 0.5) is 10.1 Å². The van der Waals surface area contributed by atoms with Crippen LogP contribution in [-0.2, 0) is 21.4 Å². The minimum atomic E-state index is -4.33. The van der Waals surface area contributed by atoms with E-state index >= 15 is 4.39 Å². The van der Waals surface area contributed by atoms with Crippen LogP contribution in [0.3, 0.4) is 0 Å². The van der Waals surface area contributed by atoms with Crippen LogP contribution < -0.4 is 18.9 Å². The molecule has 3 aromatic carbocycles. The molecule has 0 radical (unpaired) electrons. The highest BCUT2D eigenvalue weighted by molar-refractivity contribution is 7.92. The molecule has 8 nitrogen and oxygen atoms in total. The van der Waals surface area contributed by atoms with Crippen molar-refractivity contribution >= 4 is 49.8 Å². The lowest BCUT2D eigenvalue weighted by molar-refractivity contribution is 0.170. The van der Waals surface area contributed by atoms with Gasteiger partial charge in [-0.1, -0.05) is 35.3 Å². The molecule has 0 spiro atoms. The fourth-order valence-corrected chi connectivity index (χ4v) is 5.46. The van der Waals surface area contributed by atoms with E-state index in [0.29, 0.717) is 57.6 Å². The van der Waals surface area contributed by atoms with Crippen molar-refractivity contribution in [2.24, 2.45) is 0 Å². The molecular weight excluding hydrogens is 558 g/mol. The van der Waals surface area contributed by atoms with E-state index in [1.807, 2.05) is 0 Å². The Bertz CT molecular complexity index is 1540. The lowest BCUT2D eigenvalue weighted by atomic mass is 10.2. The van der Waals surface area contributed by atoms with Crippen LogP contribution in [0.1, 0.15) is 12.0 Å². The SMILES string of the molecule is COCCCOc1cc(COc2cccc(S(=O)(=O)Nc3ccc(Cl)c4c(Cl)c[nH]c34)c2F)ccc1OC. The maximum Gasteiger partial charge on any atom is 0.265 e. The van der Waals surface area contributed by atoms with Crippen LogP contribution >= 0.6 is 23.2 Å². The van der Waals surface area contributed by atoms with Gasteiger partial charge in [-0.2, -0.15) is 0 Å². The molecule has 0 aliphatic carbocycles. The standard InChI is InChI=1S/C26H25Cl2FN2O6S/c1-34-11-4-12-36-22-13-16(7-10-20(22)35-2)15-37-21-5-3-6-23(25(21)29)38(32,33)31-19-9-8-17(27)24-18(28)14-30-26(19)24/h3,5-10,13-14,30-31H,4,11-12,15H2,1-2H3. The van der Waals surface area contributed by atoms with E-state index < -0.39 is 20.7 Å². The first-order chi connectivity index (χ1) is 18.2. The summed E-state index contributed by atoms with van der Waals surface area (Å²) in [4.78, 5) is 2.30. The number of fused-ring (bicyclic) bond motifs is 1. The van der Waals surface area contributed by atoms with Crippen LogP contribution in [0, 0.1) is 5.82 Å². The summed E-state index contributed by atoms with van der Waals surface area (Å²) in [5, 5.41) is 1.13. The average molecular weight is 583 g/mol. The number of halogens is 3. The van der Waals surface area contributed by atoms with Crippen LogP contribution in [0.25, 0.3) is 10.9 Å². The van der Waals surface area contributed by atoms with Gasteiger partial charge in [-0.15, -0.1) is 0 Å². The number of hydrogen-bond acceptors (Lipinski definition) is 6. The Hall–Kier alpha value is -3.18. The zero-order valence-corrected chi connectivity index (χ0v) is 22.8. The third-order valence-electron chi connectivity index (χ3n) is 5.57. The number of aromatic amines is 1. The van der Waals surface area contributed by atoms with Crippen molar-refractivity contribution < 1.29 is 31.8 Å². The Morgan fingerprint density at radius 2 is 1.76 bits per heavy atom. The number of ether oxygens (including phenoxy) is 4. The molecule has 4 aromatic rings. The van der Waals surface area contributed by atoms with Gasteiger partial charge in [-0.05, 0) is 42.0 Å². The molecule has 0 aliphatic heterocycles. The van der Waals surface area contributed by atoms with E-state index in [0.717, 1.165) is 6.07 Å². The molecule has 0 amide bonds. The number of sulfonamides is 1. The van der Waals surface area contributed by atoms with Crippen molar-refractivity contribution in [2.45, 2.75) is 17.9 Å². The number of nitrogens with one attached hydrogen (secondary N) is 2. The molecule has 0 saturated heterocycles. The number of aromatic nitrogens is 1. The molecule has 202 valence electrons. The summed E-state index contributed by atoms with van der Waals surface area (Å²) < 4.78 is 65.7. The Labute approximate surface area is 229 Å². The molecule has 4 rings (SSSR count). The summed E-state index contributed by atoms with van der Waals surface area (Å²) in [7, 11) is -1.19. The van der Waals surface area contributed by atoms with Gasteiger partial charge < -0.3 is 23.9 Å². The fraction of sp³-hybridized carbons (Fsp3) is 0.231. The number of hydrogen-bond donors (Lipinski definition) is 2. The van der Waals surface area contributed by atoms with Crippen LogP contribution in [0.2, 0.25) is 10.0 Å². The number of rotatable bonds is 12. The van der Waals surface area contributed by atoms with Gasteiger partial charge in [0.15, 0.2) is 23.1 Å². The Balaban J connectivity index is 1.52. The quantitative estimate of drug-likeness (QED) is 0.187. The van der Waals surface area contributed by atoms with Crippen molar-refractivity contribution in [3.63, 3.8) is 0 Å². The Morgan fingerprint density at radius 3 is 2.53 bits per heavy atom. The second kappa shape index (κ2) is 12.1. The first-order valence-electron chi connectivity index (χ1n) is 11.4. The molecule has 0 saturated carbocycles. The smallest absolute Gasteiger partial charge is 0.265 e. The third kappa shape index (κ3) is 6.10. The summed E-state index contributed by atoms with van der Waals surface area (Å²) >= 11 is 12.3. The number of H-pyrrole nitrogens is 1. The molecule has 12 heteroatoms. The molecule has 0 bridgehead atoms. The molecule has 0 unspecified atom stereocenters. The summed E-state index contributed by atoms with van der Waals surface area (Å²) in [5.41, 5.74) is 1.21. The van der Waals surface area contributed by atoms with Crippen molar-refractivity contribution in [3.05, 3.63) is 76.2 Å². The summed E-state index contributed by atoms with van der Waals surface area (Å²) in [5.74, 6) is -0.213. The van der Waals surface area contributed by atoms with Crippen molar-refractivity contribution in [3.8, 4) is 17.2 Å². The average Bonchev–Trinajstić information content (AvgIpc) is 3.30. The fourth-order valence-electron chi connectivity index (χ4n) is 3.73. The first kappa shape index (κ1) is 27.8. The monoisotopic (exact) mass is 582 g/mol. The highest BCUT2D eigenvalue weighted by atomic mass is 35.5. The zero-order chi connectivity index (χ0) is 27.3. The lowest BCUT2D eigenvalue weighted by Gasteiger charge is -2.14. The highest BCUT2D eigenvalue weighted by Gasteiger charge is 2.24. The molecule has 0 atom stereocenters. The number of benzene rings is 3. The summed E-state index contributed by atoms with van der Waals surface area (Å²) in [6.07, 6.45) is 2.18. The summed E-state index contributed by atoms with van der Waals surface area (Å²) in [6, 6.07) is 12.0. The molecule has 0 aliphatic rings. The normalized spacial score (nSPS) is 11.5. The van der Waals surface area contributed by atoms with E-state index in [1.165, 1.54) is 37.6 Å². The Kier molecular flexibility index (Phi) is 8.88. The van der Waals surface area contributed by atoms with E-state index in [-0.39, 0.29) is 18.0 Å². The second-order valence-corrected chi connectivity index (χ2v) is 10.6. The topological polar surface area (TPSA) is 98.9 Å². The van der Waals surface area contributed by atoms with Gasteiger partial charge in [0, 0.05) is 31.7 Å². The molecule has 1 heterocycles. The van der Waals surface area contributed by atoms with Crippen molar-refractivity contribution in [2.75, 3.05) is 32.2 Å². The van der Waals surface area contributed by atoms with Gasteiger partial charge >= 0.3 is 0 Å². The highest BCUT2D eigenvalue weighted by Crippen LogP contribution is 2.36. The van der Waals surface area contributed by atoms with Crippen molar-refractivity contribution in [1.29, 1.82) is 0 Å². The van der Waals surface area contributed by atoms with Gasteiger partial charge in [0.05, 0.1) is 35.0 Å². The van der Waals surface area contributed by atoms with E-state index in [2.05, 4.69) is 9.71 Å². The predicted octanol–water partition coefficient (Wildman–Crippen LogP) is 6.42. The largest absolute Gasteiger partial charge is 0.493 e. The molecule has 38 heavy (non-hydrogen) atoms. The maximum atomic E-state index is 15.3. The minimum Gasteiger partial charge on any atom is -0.493 e. The lowest BCUT2D eigenvalue weighted by Crippen LogP contribution is -2.15. The maximum absolute atomic E-state index is 15.3. The first-order valence-corrected chi connectivity index (χ1v) is 13.7. The van der Waals surface area contributed by atoms with Gasteiger partial charge in [-0.25, -0.2) is 12.8 Å². The van der Waals surface area contributed by atoms with Gasteiger partial charge in [0.1, 0.15) is 11.5 Å². The van der Waals surface area contributed by atoms with Crippen LogP contribution in [0.15, 0.2) is 59.6 Å². The molecule has 1 aromatic heterocycles. The predicted molar refractivity (Wildman–Crippen MR) is 145 cm³/mol. The van der Waals surface area contributed by atoms with Gasteiger partial charge in [0.2, 0.25) is 0 Å². The minimum absolute atomic E-state index is 0.0367. The van der Waals surface area contributed by atoms with E-state index in [4.69, 9.17) is 42.1 Å².